The normalized spacial score (nSPS) is 11.6. The van der Waals surface area contributed by atoms with Crippen molar-refractivity contribution in [3.05, 3.63) is 29.3 Å². The van der Waals surface area contributed by atoms with Crippen LogP contribution in [0.15, 0.2) is 23.2 Å². The van der Waals surface area contributed by atoms with Crippen molar-refractivity contribution in [1.29, 1.82) is 0 Å². The molecule has 7 N–H and O–H groups in total. The molecule has 0 radical (unpaired) electrons. The van der Waals surface area contributed by atoms with Gasteiger partial charge in [-0.1, -0.05) is 6.07 Å². The Morgan fingerprint density at radius 1 is 1.25 bits per heavy atom. The van der Waals surface area contributed by atoms with Crippen molar-refractivity contribution in [1.82, 2.24) is 5.32 Å². The summed E-state index contributed by atoms with van der Waals surface area (Å²) in [6.45, 7) is 1.02. The summed E-state index contributed by atoms with van der Waals surface area (Å²) in [5.74, 6) is 1.74. The standard InChI is InChI=1S/C15H25N5O2S2/c16-13(3-4-20-15(17)18)14(21)19-5-6-22-12-2-1-10(8-23)11(7-12)9-24/h1-2,7,13,23-24H,3-6,8-9,16H2,(H,19,21)(H4,17,18,20)/t13-/m1/s1. The highest BCUT2D eigenvalue weighted by Gasteiger charge is 2.12. The maximum Gasteiger partial charge on any atom is 0.237 e. The van der Waals surface area contributed by atoms with Gasteiger partial charge in [-0.25, -0.2) is 0 Å². The number of rotatable bonds is 10. The van der Waals surface area contributed by atoms with Crippen LogP contribution in [0.3, 0.4) is 0 Å². The van der Waals surface area contributed by atoms with Gasteiger partial charge in [-0.3, -0.25) is 9.79 Å². The van der Waals surface area contributed by atoms with Crippen molar-refractivity contribution >= 4 is 37.1 Å². The molecule has 0 spiro atoms. The van der Waals surface area contributed by atoms with Gasteiger partial charge in [0.25, 0.3) is 0 Å². The highest BCUT2D eigenvalue weighted by Crippen LogP contribution is 2.20. The molecular weight excluding hydrogens is 346 g/mol. The van der Waals surface area contributed by atoms with Gasteiger partial charge in [0, 0.05) is 18.1 Å². The largest absolute Gasteiger partial charge is 0.492 e. The fourth-order valence-corrected chi connectivity index (χ4v) is 2.53. The number of carbonyl (C=O) groups excluding carboxylic acids is 1. The summed E-state index contributed by atoms with van der Waals surface area (Å²) in [5, 5.41) is 2.71. The van der Waals surface area contributed by atoms with Crippen LogP contribution in [-0.2, 0) is 16.3 Å². The fourth-order valence-electron chi connectivity index (χ4n) is 1.93. The summed E-state index contributed by atoms with van der Waals surface area (Å²) in [4.78, 5) is 15.6. The van der Waals surface area contributed by atoms with Crippen LogP contribution in [0.5, 0.6) is 5.75 Å². The Bertz CT molecular complexity index is 565. The molecule has 0 aromatic heterocycles. The van der Waals surface area contributed by atoms with Crippen LogP contribution in [0.1, 0.15) is 17.5 Å². The maximum atomic E-state index is 11.8. The van der Waals surface area contributed by atoms with Crippen molar-refractivity contribution < 1.29 is 9.53 Å². The van der Waals surface area contributed by atoms with Crippen molar-refractivity contribution in [3.63, 3.8) is 0 Å². The van der Waals surface area contributed by atoms with E-state index < -0.39 is 6.04 Å². The number of nitrogens with zero attached hydrogens (tertiary/aromatic N) is 1. The van der Waals surface area contributed by atoms with Crippen LogP contribution in [0.2, 0.25) is 0 Å². The monoisotopic (exact) mass is 371 g/mol. The second kappa shape index (κ2) is 11.1. The molecule has 0 unspecified atom stereocenters. The molecule has 0 saturated heterocycles. The number of aliphatic imine (C=N–C) groups is 1. The molecule has 1 amide bonds. The van der Waals surface area contributed by atoms with E-state index in [-0.39, 0.29) is 11.9 Å². The number of guanidine groups is 1. The molecular formula is C15H25N5O2S2. The molecule has 0 aliphatic rings. The number of carbonyl (C=O) groups is 1. The minimum Gasteiger partial charge on any atom is -0.492 e. The minimum atomic E-state index is -0.654. The van der Waals surface area contributed by atoms with Crippen LogP contribution < -0.4 is 27.3 Å². The molecule has 9 heteroatoms. The van der Waals surface area contributed by atoms with E-state index in [9.17, 15) is 4.79 Å². The van der Waals surface area contributed by atoms with Crippen molar-refractivity contribution in [2.24, 2.45) is 22.2 Å². The Morgan fingerprint density at radius 3 is 2.58 bits per heavy atom. The third-order valence-corrected chi connectivity index (χ3v) is 3.94. The molecule has 1 atom stereocenters. The van der Waals surface area contributed by atoms with Crippen molar-refractivity contribution in [2.75, 3.05) is 19.7 Å². The first-order valence-corrected chi connectivity index (χ1v) is 8.79. The highest BCUT2D eigenvalue weighted by atomic mass is 32.1. The molecule has 1 aromatic carbocycles. The number of nitrogens with one attached hydrogen (secondary N) is 1. The lowest BCUT2D eigenvalue weighted by atomic mass is 10.1. The lowest BCUT2D eigenvalue weighted by Crippen LogP contribution is -2.42. The van der Waals surface area contributed by atoms with E-state index >= 15 is 0 Å². The molecule has 0 fully saturated rings. The van der Waals surface area contributed by atoms with Gasteiger partial charge < -0.3 is 27.3 Å². The van der Waals surface area contributed by atoms with E-state index in [4.69, 9.17) is 21.9 Å². The number of nitrogens with two attached hydrogens (primary N) is 3. The number of benzene rings is 1. The Morgan fingerprint density at radius 2 is 1.96 bits per heavy atom. The quantitative estimate of drug-likeness (QED) is 0.150. The molecule has 0 heterocycles. The summed E-state index contributed by atoms with van der Waals surface area (Å²) in [6, 6.07) is 5.12. The van der Waals surface area contributed by atoms with Crippen LogP contribution in [-0.4, -0.2) is 37.6 Å². The van der Waals surface area contributed by atoms with E-state index in [2.05, 4.69) is 35.6 Å². The third kappa shape index (κ3) is 7.33. The lowest BCUT2D eigenvalue weighted by molar-refractivity contribution is -0.122. The van der Waals surface area contributed by atoms with Crippen LogP contribution in [0.25, 0.3) is 0 Å². The predicted octanol–water partition coefficient (Wildman–Crippen LogP) is 0.0320. The second-order valence-electron chi connectivity index (χ2n) is 5.09. The lowest BCUT2D eigenvalue weighted by Gasteiger charge is -2.13. The highest BCUT2D eigenvalue weighted by molar-refractivity contribution is 7.79. The summed E-state index contributed by atoms with van der Waals surface area (Å²) in [5.41, 5.74) is 18.4. The van der Waals surface area contributed by atoms with Crippen LogP contribution in [0.4, 0.5) is 0 Å². The SMILES string of the molecule is NC(N)=NCC[C@@H](N)C(=O)NCCOc1ccc(CS)c(CS)c1. The average Bonchev–Trinajstić information content (AvgIpc) is 2.57. The maximum absolute atomic E-state index is 11.8. The predicted molar refractivity (Wildman–Crippen MR) is 104 cm³/mol. The van der Waals surface area contributed by atoms with Gasteiger partial charge in [0.1, 0.15) is 12.4 Å². The summed E-state index contributed by atoms with van der Waals surface area (Å²) >= 11 is 8.57. The van der Waals surface area contributed by atoms with Gasteiger partial charge >= 0.3 is 0 Å². The zero-order chi connectivity index (χ0) is 17.9. The summed E-state index contributed by atoms with van der Waals surface area (Å²) < 4.78 is 5.62. The minimum absolute atomic E-state index is 0.0134. The van der Waals surface area contributed by atoms with Gasteiger partial charge in [-0.05, 0) is 29.7 Å². The Hall–Kier alpha value is -1.58. The number of thiol groups is 2. The number of amides is 1. The van der Waals surface area contributed by atoms with Crippen molar-refractivity contribution in [3.8, 4) is 5.75 Å². The van der Waals surface area contributed by atoms with E-state index in [1.165, 1.54) is 0 Å². The molecule has 1 rings (SSSR count). The Balaban J connectivity index is 2.32. The van der Waals surface area contributed by atoms with Crippen LogP contribution >= 0.6 is 25.3 Å². The molecule has 24 heavy (non-hydrogen) atoms. The zero-order valence-electron chi connectivity index (χ0n) is 13.4. The van der Waals surface area contributed by atoms with Gasteiger partial charge in [0.2, 0.25) is 5.91 Å². The molecule has 0 aliphatic heterocycles. The first-order valence-electron chi connectivity index (χ1n) is 7.53. The third-order valence-electron chi connectivity index (χ3n) is 3.26. The molecule has 0 aliphatic carbocycles. The van der Waals surface area contributed by atoms with Gasteiger partial charge in [0.15, 0.2) is 5.96 Å². The van der Waals surface area contributed by atoms with Crippen molar-refractivity contribution in [2.45, 2.75) is 24.0 Å². The Kier molecular flexibility index (Phi) is 9.43. The second-order valence-corrected chi connectivity index (χ2v) is 5.72. The number of hydrogen-bond acceptors (Lipinski definition) is 6. The molecule has 0 saturated carbocycles. The Labute approximate surface area is 153 Å². The van der Waals surface area contributed by atoms with Gasteiger partial charge in [0.05, 0.1) is 12.6 Å². The summed E-state index contributed by atoms with van der Waals surface area (Å²) in [7, 11) is 0. The molecule has 1 aromatic rings. The zero-order valence-corrected chi connectivity index (χ0v) is 15.2. The first kappa shape index (κ1) is 20.5. The topological polar surface area (TPSA) is 129 Å². The number of hydrogen-bond donors (Lipinski definition) is 6. The smallest absolute Gasteiger partial charge is 0.237 e. The van der Waals surface area contributed by atoms with E-state index in [1.807, 2.05) is 18.2 Å². The molecule has 0 bridgehead atoms. The summed E-state index contributed by atoms with van der Waals surface area (Å²) in [6.07, 6.45) is 0.376. The van der Waals surface area contributed by atoms with Crippen LogP contribution in [0, 0.1) is 0 Å². The first-order chi connectivity index (χ1) is 11.5. The fraction of sp³-hybridized carbons (Fsp3) is 0.467. The van der Waals surface area contributed by atoms with E-state index in [0.29, 0.717) is 37.6 Å². The molecule has 7 nitrogen and oxygen atoms in total. The molecule has 134 valence electrons. The van der Waals surface area contributed by atoms with Gasteiger partial charge in [-0.2, -0.15) is 25.3 Å². The van der Waals surface area contributed by atoms with E-state index in [1.54, 1.807) is 0 Å². The number of ether oxygens (including phenoxy) is 1. The average molecular weight is 372 g/mol. The van der Waals surface area contributed by atoms with Gasteiger partial charge in [-0.15, -0.1) is 0 Å². The van der Waals surface area contributed by atoms with E-state index in [0.717, 1.165) is 16.9 Å².